The van der Waals surface area contributed by atoms with Crippen LogP contribution in [-0.2, 0) is 4.79 Å². The number of benzene rings is 2. The minimum absolute atomic E-state index is 0.217. The van der Waals surface area contributed by atoms with E-state index in [1.807, 2.05) is 0 Å². The molecule has 2 unspecified atom stereocenters. The lowest BCUT2D eigenvalue weighted by molar-refractivity contribution is -0.118. The fourth-order valence-electron chi connectivity index (χ4n) is 4.59. The number of anilines is 1. The maximum Gasteiger partial charge on any atom is 0.236 e. The zero-order chi connectivity index (χ0) is 22.5. The summed E-state index contributed by atoms with van der Waals surface area (Å²) in [5, 5.41) is 10.6. The number of aliphatic hydroxyl groups excluding tert-OH is 1. The second kappa shape index (κ2) is 10.3. The van der Waals surface area contributed by atoms with Gasteiger partial charge in [0.2, 0.25) is 5.91 Å². The number of nitrogens with zero attached hydrogens (tertiary/aromatic N) is 2. The smallest absolute Gasteiger partial charge is 0.236 e. The van der Waals surface area contributed by atoms with Crippen LogP contribution in [0.25, 0.3) is 0 Å². The van der Waals surface area contributed by atoms with E-state index >= 15 is 0 Å². The van der Waals surface area contributed by atoms with Gasteiger partial charge in [-0.1, -0.05) is 18.6 Å². The van der Waals surface area contributed by atoms with Gasteiger partial charge in [0.25, 0.3) is 0 Å². The van der Waals surface area contributed by atoms with Crippen LogP contribution in [0.5, 0.6) is 11.5 Å². The molecule has 2 aromatic rings. The van der Waals surface area contributed by atoms with Crippen molar-refractivity contribution in [2.45, 2.75) is 44.2 Å². The Morgan fingerprint density at radius 3 is 2.53 bits per heavy atom. The molecule has 2 aliphatic heterocycles. The van der Waals surface area contributed by atoms with Gasteiger partial charge in [-0.15, -0.1) is 0 Å². The van der Waals surface area contributed by atoms with Gasteiger partial charge in [-0.25, -0.2) is 4.39 Å². The van der Waals surface area contributed by atoms with Crippen LogP contribution in [0.4, 0.5) is 10.1 Å². The van der Waals surface area contributed by atoms with E-state index in [1.165, 1.54) is 36.3 Å². The average Bonchev–Trinajstić information content (AvgIpc) is 3.11. The lowest BCUT2D eigenvalue weighted by atomic mass is 9.97. The number of rotatable bonds is 8. The van der Waals surface area contributed by atoms with Gasteiger partial charge < -0.3 is 19.5 Å². The van der Waals surface area contributed by atoms with Gasteiger partial charge in [0, 0.05) is 19.0 Å². The van der Waals surface area contributed by atoms with Gasteiger partial charge >= 0.3 is 0 Å². The SMILES string of the molecule is COc1ccc(N2C(=O)C(c3ccc(F)cc3)CC2O)cc1OCCCN1CCCCC1. The zero-order valence-electron chi connectivity index (χ0n) is 18.5. The van der Waals surface area contributed by atoms with Crippen molar-refractivity contribution in [3.05, 3.63) is 53.8 Å². The van der Waals surface area contributed by atoms with Gasteiger partial charge in [0.05, 0.1) is 25.3 Å². The number of hydrogen-bond donors (Lipinski definition) is 1. The van der Waals surface area contributed by atoms with Gasteiger partial charge in [-0.2, -0.15) is 0 Å². The molecule has 2 heterocycles. The van der Waals surface area contributed by atoms with E-state index < -0.39 is 12.1 Å². The molecule has 1 N–H and O–H groups in total. The van der Waals surface area contributed by atoms with E-state index in [0.717, 1.165) is 26.1 Å². The van der Waals surface area contributed by atoms with Crippen LogP contribution in [0.2, 0.25) is 0 Å². The second-order valence-corrected chi connectivity index (χ2v) is 8.47. The summed E-state index contributed by atoms with van der Waals surface area (Å²) in [4.78, 5) is 16.9. The lowest BCUT2D eigenvalue weighted by Gasteiger charge is -2.26. The Kier molecular flexibility index (Phi) is 7.27. The number of amides is 1. The highest BCUT2D eigenvalue weighted by atomic mass is 19.1. The minimum atomic E-state index is -0.960. The van der Waals surface area contributed by atoms with Crippen molar-refractivity contribution in [1.29, 1.82) is 0 Å². The number of carbonyl (C=O) groups excluding carboxylic acids is 1. The quantitative estimate of drug-likeness (QED) is 0.628. The Hall–Kier alpha value is -2.64. The molecule has 32 heavy (non-hydrogen) atoms. The van der Waals surface area contributed by atoms with Crippen molar-refractivity contribution in [1.82, 2.24) is 4.90 Å². The first-order valence-electron chi connectivity index (χ1n) is 11.4. The van der Waals surface area contributed by atoms with Crippen LogP contribution in [0, 0.1) is 5.82 Å². The van der Waals surface area contributed by atoms with Crippen LogP contribution >= 0.6 is 0 Å². The molecule has 2 atom stereocenters. The third-order valence-electron chi connectivity index (χ3n) is 6.30. The molecular weight excluding hydrogens is 411 g/mol. The number of methoxy groups -OCH3 is 1. The van der Waals surface area contributed by atoms with Gasteiger partial charge in [-0.05, 0) is 62.2 Å². The number of likely N-dealkylation sites (tertiary alicyclic amines) is 1. The highest BCUT2D eigenvalue weighted by Gasteiger charge is 2.40. The molecule has 172 valence electrons. The third kappa shape index (κ3) is 5.05. The number of piperidine rings is 1. The van der Waals surface area contributed by atoms with Crippen LogP contribution in [0.3, 0.4) is 0 Å². The molecular formula is C25H31FN2O4. The number of hydrogen-bond acceptors (Lipinski definition) is 5. The van der Waals surface area contributed by atoms with Crippen molar-refractivity contribution in [3.8, 4) is 11.5 Å². The summed E-state index contributed by atoms with van der Waals surface area (Å²) in [5.41, 5.74) is 1.25. The molecule has 0 bridgehead atoms. The van der Waals surface area contributed by atoms with Gasteiger partial charge in [-0.3, -0.25) is 9.69 Å². The number of aliphatic hydroxyl groups is 1. The molecule has 0 spiro atoms. The molecule has 1 amide bonds. The molecule has 2 saturated heterocycles. The van der Waals surface area contributed by atoms with Crippen molar-refractivity contribution in [2.75, 3.05) is 38.3 Å². The first-order chi connectivity index (χ1) is 15.6. The summed E-state index contributed by atoms with van der Waals surface area (Å²) in [6.07, 6.45) is 4.05. The van der Waals surface area contributed by atoms with Crippen LogP contribution < -0.4 is 14.4 Å². The molecule has 0 radical (unpaired) electrons. The van der Waals surface area contributed by atoms with Gasteiger partial charge in [0.15, 0.2) is 11.5 Å². The average molecular weight is 443 g/mol. The first kappa shape index (κ1) is 22.6. The van der Waals surface area contributed by atoms with Crippen LogP contribution in [0.1, 0.15) is 43.6 Å². The van der Waals surface area contributed by atoms with E-state index in [1.54, 1.807) is 37.4 Å². The highest BCUT2D eigenvalue weighted by Crippen LogP contribution is 2.39. The Bertz CT molecular complexity index is 915. The van der Waals surface area contributed by atoms with Crippen LogP contribution in [0.15, 0.2) is 42.5 Å². The summed E-state index contributed by atoms with van der Waals surface area (Å²) in [7, 11) is 1.58. The largest absolute Gasteiger partial charge is 0.493 e. The standard InChI is InChI=1S/C25H31FN2O4/c1-31-22-11-10-20(16-23(22)32-15-5-14-27-12-3-2-4-13-27)28-24(29)17-21(25(28)30)18-6-8-19(26)9-7-18/h6-11,16,21,24,29H,2-5,12-15,17H2,1H3. The van der Waals surface area contributed by atoms with E-state index in [0.29, 0.717) is 29.4 Å². The topological polar surface area (TPSA) is 62.2 Å². The fraction of sp³-hybridized carbons (Fsp3) is 0.480. The van der Waals surface area contributed by atoms with Crippen molar-refractivity contribution < 1.29 is 23.8 Å². The summed E-state index contributed by atoms with van der Waals surface area (Å²) in [6.45, 7) is 3.86. The maximum atomic E-state index is 13.3. The Labute approximate surface area is 188 Å². The molecule has 6 nitrogen and oxygen atoms in total. The summed E-state index contributed by atoms with van der Waals surface area (Å²) >= 11 is 0. The molecule has 0 aliphatic carbocycles. The summed E-state index contributed by atoms with van der Waals surface area (Å²) < 4.78 is 24.7. The molecule has 7 heteroatoms. The Morgan fingerprint density at radius 2 is 1.81 bits per heavy atom. The Morgan fingerprint density at radius 1 is 1.06 bits per heavy atom. The third-order valence-corrected chi connectivity index (χ3v) is 6.30. The fourth-order valence-corrected chi connectivity index (χ4v) is 4.59. The van der Waals surface area contributed by atoms with E-state index in [9.17, 15) is 14.3 Å². The van der Waals surface area contributed by atoms with Crippen molar-refractivity contribution in [3.63, 3.8) is 0 Å². The Balaban J connectivity index is 1.43. The molecule has 0 saturated carbocycles. The van der Waals surface area contributed by atoms with E-state index in [2.05, 4.69) is 4.90 Å². The molecule has 0 aromatic heterocycles. The molecule has 4 rings (SSSR count). The molecule has 2 aromatic carbocycles. The molecule has 2 fully saturated rings. The van der Waals surface area contributed by atoms with Crippen molar-refractivity contribution >= 4 is 11.6 Å². The highest BCUT2D eigenvalue weighted by molar-refractivity contribution is 6.01. The van der Waals surface area contributed by atoms with E-state index in [4.69, 9.17) is 9.47 Å². The second-order valence-electron chi connectivity index (χ2n) is 8.47. The lowest BCUT2D eigenvalue weighted by Crippen LogP contribution is -2.33. The van der Waals surface area contributed by atoms with E-state index in [-0.39, 0.29) is 18.1 Å². The number of halogens is 1. The maximum absolute atomic E-state index is 13.3. The zero-order valence-corrected chi connectivity index (χ0v) is 18.5. The number of ether oxygens (including phenoxy) is 2. The first-order valence-corrected chi connectivity index (χ1v) is 11.4. The minimum Gasteiger partial charge on any atom is -0.493 e. The summed E-state index contributed by atoms with van der Waals surface area (Å²) in [6, 6.07) is 11.1. The van der Waals surface area contributed by atoms with Crippen LogP contribution in [-0.4, -0.2) is 55.5 Å². The van der Waals surface area contributed by atoms with Crippen molar-refractivity contribution in [2.24, 2.45) is 0 Å². The molecule has 2 aliphatic rings. The summed E-state index contributed by atoms with van der Waals surface area (Å²) in [5.74, 6) is 0.0533. The monoisotopic (exact) mass is 442 g/mol. The normalized spacial score (nSPS) is 21.7. The predicted molar refractivity (Wildman–Crippen MR) is 121 cm³/mol. The van der Waals surface area contributed by atoms with Gasteiger partial charge in [0.1, 0.15) is 12.0 Å². The number of carbonyl (C=O) groups is 1. The predicted octanol–water partition coefficient (Wildman–Crippen LogP) is 3.93.